The van der Waals surface area contributed by atoms with Gasteiger partial charge in [0.15, 0.2) is 0 Å². The largest absolute Gasteiger partial charge is 0.467 e. The van der Waals surface area contributed by atoms with E-state index in [1.54, 1.807) is 18.4 Å². The molecule has 0 aliphatic rings. The van der Waals surface area contributed by atoms with E-state index in [0.29, 0.717) is 5.76 Å². The van der Waals surface area contributed by atoms with Crippen LogP contribution in [0.4, 0.5) is 0 Å². The standard InChI is InChI=1S/C10H14O2/c1-7(2)8(3)10(11)9-5-4-6-12-9/h4-6,8,10-11H,1H2,2-3H3/t8-,10+/m1/s1. The molecule has 0 saturated heterocycles. The van der Waals surface area contributed by atoms with Crippen LogP contribution in [0, 0.1) is 5.92 Å². The molecule has 0 spiro atoms. The summed E-state index contributed by atoms with van der Waals surface area (Å²) in [5.74, 6) is 0.640. The number of hydrogen-bond donors (Lipinski definition) is 1. The van der Waals surface area contributed by atoms with E-state index in [-0.39, 0.29) is 5.92 Å². The zero-order valence-electron chi connectivity index (χ0n) is 7.45. The molecular formula is C10H14O2. The molecule has 1 heterocycles. The Kier molecular flexibility index (Phi) is 2.71. The Hall–Kier alpha value is -1.02. The normalized spacial score (nSPS) is 15.6. The molecule has 0 aliphatic carbocycles. The molecule has 1 aromatic heterocycles. The van der Waals surface area contributed by atoms with Crippen molar-refractivity contribution >= 4 is 0 Å². The fraction of sp³-hybridized carbons (Fsp3) is 0.400. The van der Waals surface area contributed by atoms with Gasteiger partial charge < -0.3 is 9.52 Å². The maximum absolute atomic E-state index is 9.69. The Morgan fingerprint density at radius 3 is 2.75 bits per heavy atom. The van der Waals surface area contributed by atoms with Crippen molar-refractivity contribution in [1.29, 1.82) is 0 Å². The Balaban J connectivity index is 2.71. The van der Waals surface area contributed by atoms with Gasteiger partial charge in [0.2, 0.25) is 0 Å². The van der Waals surface area contributed by atoms with E-state index in [9.17, 15) is 5.11 Å². The van der Waals surface area contributed by atoms with Crippen LogP contribution in [-0.2, 0) is 0 Å². The minimum Gasteiger partial charge on any atom is -0.467 e. The van der Waals surface area contributed by atoms with Gasteiger partial charge in [-0.1, -0.05) is 19.1 Å². The van der Waals surface area contributed by atoms with E-state index in [0.717, 1.165) is 5.57 Å². The molecule has 2 atom stereocenters. The van der Waals surface area contributed by atoms with Crippen LogP contribution in [0.5, 0.6) is 0 Å². The monoisotopic (exact) mass is 166 g/mol. The molecule has 12 heavy (non-hydrogen) atoms. The van der Waals surface area contributed by atoms with Crippen LogP contribution in [-0.4, -0.2) is 5.11 Å². The SMILES string of the molecule is C=C(C)[C@@H](C)[C@H](O)c1ccco1. The fourth-order valence-corrected chi connectivity index (χ4v) is 0.975. The van der Waals surface area contributed by atoms with Crippen molar-refractivity contribution < 1.29 is 9.52 Å². The second kappa shape index (κ2) is 3.59. The van der Waals surface area contributed by atoms with Gasteiger partial charge in [0.25, 0.3) is 0 Å². The van der Waals surface area contributed by atoms with Gasteiger partial charge in [0, 0.05) is 5.92 Å². The first-order valence-electron chi connectivity index (χ1n) is 3.99. The molecule has 0 unspecified atom stereocenters. The molecular weight excluding hydrogens is 152 g/mol. The second-order valence-corrected chi connectivity index (χ2v) is 3.10. The van der Waals surface area contributed by atoms with Crippen molar-refractivity contribution in [2.75, 3.05) is 0 Å². The molecule has 2 heteroatoms. The lowest BCUT2D eigenvalue weighted by molar-refractivity contribution is 0.110. The number of aliphatic hydroxyl groups is 1. The van der Waals surface area contributed by atoms with Crippen molar-refractivity contribution in [2.24, 2.45) is 5.92 Å². The van der Waals surface area contributed by atoms with Crippen molar-refractivity contribution in [3.8, 4) is 0 Å². The van der Waals surface area contributed by atoms with E-state index >= 15 is 0 Å². The first kappa shape index (κ1) is 9.07. The van der Waals surface area contributed by atoms with Crippen molar-refractivity contribution in [1.82, 2.24) is 0 Å². The Labute approximate surface area is 72.5 Å². The minimum atomic E-state index is -0.572. The van der Waals surface area contributed by atoms with Crippen LogP contribution in [0.3, 0.4) is 0 Å². The highest BCUT2D eigenvalue weighted by Gasteiger charge is 2.18. The lowest BCUT2D eigenvalue weighted by Gasteiger charge is -2.16. The van der Waals surface area contributed by atoms with Gasteiger partial charge in [-0.15, -0.1) is 0 Å². The number of rotatable bonds is 3. The van der Waals surface area contributed by atoms with Crippen LogP contribution < -0.4 is 0 Å². The quantitative estimate of drug-likeness (QED) is 0.700. The summed E-state index contributed by atoms with van der Waals surface area (Å²) in [6, 6.07) is 3.54. The van der Waals surface area contributed by atoms with Crippen LogP contribution in [0.25, 0.3) is 0 Å². The van der Waals surface area contributed by atoms with Gasteiger partial charge in [-0.25, -0.2) is 0 Å². The highest BCUT2D eigenvalue weighted by molar-refractivity contribution is 5.08. The first-order valence-corrected chi connectivity index (χ1v) is 3.99. The molecule has 0 radical (unpaired) electrons. The molecule has 1 N–H and O–H groups in total. The molecule has 66 valence electrons. The lowest BCUT2D eigenvalue weighted by Crippen LogP contribution is -2.08. The average Bonchev–Trinajstić information content (AvgIpc) is 2.53. The number of furan rings is 1. The van der Waals surface area contributed by atoms with E-state index in [4.69, 9.17) is 4.42 Å². The maximum Gasteiger partial charge on any atom is 0.132 e. The van der Waals surface area contributed by atoms with Gasteiger partial charge >= 0.3 is 0 Å². The van der Waals surface area contributed by atoms with Crippen molar-refractivity contribution in [3.63, 3.8) is 0 Å². The fourth-order valence-electron chi connectivity index (χ4n) is 0.975. The van der Waals surface area contributed by atoms with Crippen LogP contribution in [0.1, 0.15) is 25.7 Å². The van der Waals surface area contributed by atoms with E-state index < -0.39 is 6.10 Å². The number of hydrogen-bond acceptors (Lipinski definition) is 2. The minimum absolute atomic E-state index is 0.0381. The Morgan fingerprint density at radius 1 is 1.67 bits per heavy atom. The third kappa shape index (κ3) is 1.77. The maximum atomic E-state index is 9.69. The average molecular weight is 166 g/mol. The van der Waals surface area contributed by atoms with E-state index in [1.807, 2.05) is 13.8 Å². The summed E-state index contributed by atoms with van der Waals surface area (Å²) >= 11 is 0. The topological polar surface area (TPSA) is 33.4 Å². The summed E-state index contributed by atoms with van der Waals surface area (Å²) in [5.41, 5.74) is 0.957. The molecule has 0 bridgehead atoms. The van der Waals surface area contributed by atoms with Gasteiger partial charge in [0.05, 0.1) is 6.26 Å². The highest BCUT2D eigenvalue weighted by atomic mass is 16.4. The van der Waals surface area contributed by atoms with Crippen molar-refractivity contribution in [3.05, 3.63) is 36.3 Å². The Bertz CT molecular complexity index is 249. The molecule has 2 nitrogen and oxygen atoms in total. The predicted octanol–water partition coefficient (Wildman–Crippen LogP) is 2.53. The molecule has 0 aliphatic heterocycles. The van der Waals surface area contributed by atoms with Crippen LogP contribution in [0.2, 0.25) is 0 Å². The second-order valence-electron chi connectivity index (χ2n) is 3.10. The van der Waals surface area contributed by atoms with Crippen LogP contribution in [0.15, 0.2) is 35.0 Å². The van der Waals surface area contributed by atoms with Gasteiger partial charge in [0.1, 0.15) is 11.9 Å². The summed E-state index contributed by atoms with van der Waals surface area (Å²) in [4.78, 5) is 0. The smallest absolute Gasteiger partial charge is 0.132 e. The van der Waals surface area contributed by atoms with Gasteiger partial charge in [-0.05, 0) is 19.1 Å². The molecule has 1 aromatic rings. The summed E-state index contributed by atoms with van der Waals surface area (Å²) in [5, 5.41) is 9.69. The Morgan fingerprint density at radius 2 is 2.33 bits per heavy atom. The third-order valence-electron chi connectivity index (χ3n) is 2.09. The summed E-state index contributed by atoms with van der Waals surface area (Å²) in [6.45, 7) is 7.61. The van der Waals surface area contributed by atoms with Gasteiger partial charge in [-0.3, -0.25) is 0 Å². The van der Waals surface area contributed by atoms with E-state index in [2.05, 4.69) is 6.58 Å². The van der Waals surface area contributed by atoms with E-state index in [1.165, 1.54) is 0 Å². The van der Waals surface area contributed by atoms with Crippen molar-refractivity contribution in [2.45, 2.75) is 20.0 Å². The first-order chi connectivity index (χ1) is 5.63. The molecule has 0 saturated carbocycles. The highest BCUT2D eigenvalue weighted by Crippen LogP contribution is 2.26. The number of aliphatic hydroxyl groups excluding tert-OH is 1. The molecule has 0 amide bonds. The third-order valence-corrected chi connectivity index (χ3v) is 2.09. The summed E-state index contributed by atoms with van der Waals surface area (Å²) in [6.07, 6.45) is 0.987. The molecule has 0 aromatic carbocycles. The summed E-state index contributed by atoms with van der Waals surface area (Å²) in [7, 11) is 0. The predicted molar refractivity (Wildman–Crippen MR) is 47.6 cm³/mol. The molecule has 0 fully saturated rings. The lowest BCUT2D eigenvalue weighted by atomic mass is 9.96. The zero-order valence-corrected chi connectivity index (χ0v) is 7.45. The summed E-state index contributed by atoms with van der Waals surface area (Å²) < 4.78 is 5.08. The molecule has 1 rings (SSSR count). The van der Waals surface area contributed by atoms with Crippen LogP contribution >= 0.6 is 0 Å². The van der Waals surface area contributed by atoms with Gasteiger partial charge in [-0.2, -0.15) is 0 Å². The zero-order chi connectivity index (χ0) is 9.14.